The van der Waals surface area contributed by atoms with Crippen LogP contribution in [-0.2, 0) is 0 Å². The number of methoxy groups -OCH3 is 5. The van der Waals surface area contributed by atoms with Crippen molar-refractivity contribution in [3.8, 4) is 45.8 Å². The molecule has 0 aliphatic heterocycles. The van der Waals surface area contributed by atoms with Gasteiger partial charge < -0.3 is 33.1 Å². The van der Waals surface area contributed by atoms with Gasteiger partial charge in [-0.15, -0.1) is 0 Å². The molecule has 9 heteroatoms. The van der Waals surface area contributed by atoms with Crippen molar-refractivity contribution in [3.05, 3.63) is 59.7 Å². The molecule has 4 rings (SSSR count). The van der Waals surface area contributed by atoms with Gasteiger partial charge in [-0.2, -0.15) is 0 Å². The molecule has 0 amide bonds. The van der Waals surface area contributed by atoms with Crippen molar-refractivity contribution in [1.82, 2.24) is 4.98 Å². The highest BCUT2D eigenvalue weighted by Gasteiger charge is 2.25. The lowest BCUT2D eigenvalue weighted by atomic mass is 9.96. The lowest BCUT2D eigenvalue weighted by Crippen LogP contribution is -2.15. The molecule has 4 aromatic rings. The average molecular weight is 550 g/mol. The first-order valence-corrected chi connectivity index (χ1v) is 13.8. The van der Waals surface area contributed by atoms with Gasteiger partial charge in [0.1, 0.15) is 11.5 Å². The van der Waals surface area contributed by atoms with E-state index in [1.165, 1.54) is 21.3 Å². The van der Waals surface area contributed by atoms with E-state index in [1.54, 1.807) is 26.4 Å². The number of ether oxygens (including phenoxy) is 5. The zero-order valence-electron chi connectivity index (χ0n) is 23.7. The second kappa shape index (κ2) is 11.3. The number of aromatic amines is 1. The van der Waals surface area contributed by atoms with Crippen LogP contribution in [-0.4, -0.2) is 56.1 Å². The first-order chi connectivity index (χ1) is 18.6. The Morgan fingerprint density at radius 3 is 1.97 bits per heavy atom. The third-order valence-electron chi connectivity index (χ3n) is 6.27. The van der Waals surface area contributed by atoms with E-state index in [0.29, 0.717) is 51.3 Å². The summed E-state index contributed by atoms with van der Waals surface area (Å²) >= 11 is 0. The zero-order chi connectivity index (χ0) is 28.3. The number of H-pyrrole nitrogens is 1. The van der Waals surface area contributed by atoms with E-state index in [0.717, 1.165) is 16.5 Å². The summed E-state index contributed by atoms with van der Waals surface area (Å²) in [5.41, 5.74) is 3.11. The fourth-order valence-electron chi connectivity index (χ4n) is 4.35. The average Bonchev–Trinajstić information content (AvgIpc) is 3.32. The lowest BCUT2D eigenvalue weighted by Gasteiger charge is -2.20. The highest BCUT2D eigenvalue weighted by molar-refractivity contribution is 6.32. The molecule has 3 aromatic carbocycles. The monoisotopic (exact) mass is 549 g/mol. The van der Waals surface area contributed by atoms with E-state index >= 15 is 0 Å². The van der Waals surface area contributed by atoms with Gasteiger partial charge in [0.15, 0.2) is 23.0 Å². The Hall–Kier alpha value is -4.11. The first-order valence-electron chi connectivity index (χ1n) is 12.5. The Morgan fingerprint density at radius 2 is 1.41 bits per heavy atom. The largest absolute Gasteiger partial charge is 0.546 e. The third kappa shape index (κ3) is 5.68. The molecule has 0 aliphatic carbocycles. The Kier molecular flexibility index (Phi) is 8.10. The summed E-state index contributed by atoms with van der Waals surface area (Å²) in [7, 11) is 6.89. The number of ketones is 1. The van der Waals surface area contributed by atoms with E-state index in [4.69, 9.17) is 28.1 Å². The summed E-state index contributed by atoms with van der Waals surface area (Å²) in [6, 6.07) is 14.6. The van der Waals surface area contributed by atoms with Crippen molar-refractivity contribution < 1.29 is 32.9 Å². The molecule has 1 heterocycles. The van der Waals surface area contributed by atoms with E-state index in [9.17, 15) is 4.79 Å². The Bertz CT molecular complexity index is 1480. The van der Waals surface area contributed by atoms with Crippen molar-refractivity contribution in [2.45, 2.75) is 25.8 Å². The number of rotatable bonds is 10. The van der Waals surface area contributed by atoms with Gasteiger partial charge in [-0.05, 0) is 47.5 Å². The van der Waals surface area contributed by atoms with Crippen LogP contribution in [0.3, 0.4) is 0 Å². The Morgan fingerprint density at radius 1 is 0.744 bits per heavy atom. The van der Waals surface area contributed by atoms with Crippen LogP contribution in [0.25, 0.3) is 22.2 Å². The van der Waals surface area contributed by atoms with Crippen LogP contribution in [0.5, 0.6) is 34.5 Å². The summed E-state index contributed by atoms with van der Waals surface area (Å²) in [6.45, 7) is 6.48. The summed E-state index contributed by atoms with van der Waals surface area (Å²) in [6.07, 6.45) is 0. The van der Waals surface area contributed by atoms with Crippen molar-refractivity contribution in [2.75, 3.05) is 35.5 Å². The van der Waals surface area contributed by atoms with Gasteiger partial charge in [0.2, 0.25) is 15.5 Å². The van der Waals surface area contributed by atoms with Crippen LogP contribution in [0.2, 0.25) is 5.04 Å². The molecule has 0 radical (unpaired) electrons. The first kappa shape index (κ1) is 27.9. The topological polar surface area (TPSA) is 88.2 Å². The summed E-state index contributed by atoms with van der Waals surface area (Å²) < 4.78 is 33.8. The molecule has 8 nitrogen and oxygen atoms in total. The van der Waals surface area contributed by atoms with Crippen LogP contribution in [0.4, 0.5) is 0 Å². The Balaban J connectivity index is 1.93. The van der Waals surface area contributed by atoms with Crippen molar-refractivity contribution >= 4 is 26.4 Å². The fraction of sp³-hybridized carbons (Fsp3) is 0.300. The summed E-state index contributed by atoms with van der Waals surface area (Å²) in [5.74, 6) is 2.98. The van der Waals surface area contributed by atoms with E-state index < -0.39 is 9.76 Å². The quantitative estimate of drug-likeness (QED) is 0.198. The van der Waals surface area contributed by atoms with Gasteiger partial charge in [-0.1, -0.05) is 20.8 Å². The highest BCUT2D eigenvalue weighted by atomic mass is 28.2. The molecule has 0 unspecified atom stereocenters. The summed E-state index contributed by atoms with van der Waals surface area (Å²) in [4.78, 5) is 17.7. The lowest BCUT2D eigenvalue weighted by molar-refractivity contribution is 0.104. The molecule has 0 atom stereocenters. The molecule has 1 aromatic heterocycles. The fourth-order valence-corrected chi connectivity index (χ4v) is 5.17. The number of benzene rings is 3. The van der Waals surface area contributed by atoms with Gasteiger partial charge in [-0.25, -0.2) is 0 Å². The molecular weight excluding hydrogens is 514 g/mol. The molecule has 0 fully saturated rings. The maximum absolute atomic E-state index is 14.2. The normalized spacial score (nSPS) is 11.6. The Labute approximate surface area is 231 Å². The summed E-state index contributed by atoms with van der Waals surface area (Å²) in [5, 5.41) is 0.846. The van der Waals surface area contributed by atoms with Crippen LogP contribution in [0.1, 0.15) is 36.7 Å². The van der Waals surface area contributed by atoms with Gasteiger partial charge in [0.05, 0.1) is 52.3 Å². The van der Waals surface area contributed by atoms with Gasteiger partial charge in [-0.3, -0.25) is 4.79 Å². The zero-order valence-corrected chi connectivity index (χ0v) is 25.1. The second-order valence-corrected chi connectivity index (χ2v) is 12.9. The third-order valence-corrected chi connectivity index (χ3v) is 7.59. The number of fused-ring (bicyclic) bond motifs is 1. The maximum atomic E-state index is 14.2. The molecule has 39 heavy (non-hydrogen) atoms. The standard InChI is InChI=1S/C30H35NO7Si/c1-30(2,3)39-38-23-13-17(9-12-22(23)34-5)27-26(20-11-10-19(33-4)16-21(20)31-27)28(32)18-14-24(35-6)29(37-8)25(15-18)36-7/h9-16,31H,39H2,1-8H3. The predicted octanol–water partition coefficient (Wildman–Crippen LogP) is 5.79. The van der Waals surface area contributed by atoms with Crippen molar-refractivity contribution in [3.63, 3.8) is 0 Å². The highest BCUT2D eigenvalue weighted by Crippen LogP contribution is 2.42. The van der Waals surface area contributed by atoms with Crippen molar-refractivity contribution in [1.29, 1.82) is 0 Å². The second-order valence-electron chi connectivity index (χ2n) is 10.2. The van der Waals surface area contributed by atoms with Crippen LogP contribution < -0.4 is 28.1 Å². The predicted molar refractivity (Wildman–Crippen MR) is 155 cm³/mol. The van der Waals surface area contributed by atoms with Crippen LogP contribution in [0.15, 0.2) is 48.5 Å². The minimum Gasteiger partial charge on any atom is -0.546 e. The molecule has 0 spiro atoms. The number of hydrogen-bond acceptors (Lipinski definition) is 7. The van der Waals surface area contributed by atoms with Crippen LogP contribution >= 0.6 is 0 Å². The van der Waals surface area contributed by atoms with Crippen molar-refractivity contribution in [2.24, 2.45) is 0 Å². The molecule has 0 bridgehead atoms. The SMILES string of the molecule is COc1ccc2c(C(=O)c3cc(OC)c(OC)c(OC)c3)c(-c3ccc(OC)c(O[SiH2]C(C)(C)C)c3)[nH]c2c1. The molecule has 0 saturated carbocycles. The number of carbonyl (C=O) groups is 1. The van der Waals surface area contributed by atoms with E-state index in [1.807, 2.05) is 36.4 Å². The smallest absolute Gasteiger partial charge is 0.225 e. The van der Waals surface area contributed by atoms with E-state index in [-0.39, 0.29) is 10.8 Å². The van der Waals surface area contributed by atoms with Gasteiger partial charge in [0, 0.05) is 22.6 Å². The molecule has 0 saturated heterocycles. The number of nitrogens with one attached hydrogen (secondary N) is 1. The van der Waals surface area contributed by atoms with Gasteiger partial charge >= 0.3 is 0 Å². The number of carbonyl (C=O) groups excluding carboxylic acids is 1. The molecule has 1 N–H and O–H groups in total. The minimum atomic E-state index is -0.909. The molecule has 0 aliphatic rings. The van der Waals surface area contributed by atoms with Crippen LogP contribution in [0, 0.1) is 0 Å². The van der Waals surface area contributed by atoms with Gasteiger partial charge in [0.25, 0.3) is 0 Å². The maximum Gasteiger partial charge on any atom is 0.225 e. The number of hydrogen-bond donors (Lipinski definition) is 1. The number of aromatic nitrogens is 1. The molecular formula is C30H35NO7Si. The van der Waals surface area contributed by atoms with E-state index in [2.05, 4.69) is 25.8 Å². The minimum absolute atomic E-state index is 0.0896. The molecule has 206 valence electrons.